The Morgan fingerprint density at radius 1 is 0.500 bits per heavy atom. The van der Waals surface area contributed by atoms with Gasteiger partial charge < -0.3 is 9.97 Å². The first kappa shape index (κ1) is 18.4. The van der Waals surface area contributed by atoms with Crippen LogP contribution in [0.2, 0.25) is 0 Å². The molecule has 5 heterocycles. The summed E-state index contributed by atoms with van der Waals surface area (Å²) in [5, 5.41) is 0. The number of H-pyrrole nitrogens is 2. The minimum Gasteiger partial charge on any atom is -0.355 e. The number of hydrogen-bond acceptors (Lipinski definition) is 2. The van der Waals surface area contributed by atoms with Crippen molar-refractivity contribution in [1.29, 1.82) is 0 Å². The van der Waals surface area contributed by atoms with E-state index in [2.05, 4.69) is 44.2 Å². The van der Waals surface area contributed by atoms with E-state index in [4.69, 9.17) is 0 Å². The van der Waals surface area contributed by atoms with Crippen LogP contribution in [0.15, 0.2) is 48.5 Å². The third-order valence-corrected chi connectivity index (χ3v) is 4.04. The summed E-state index contributed by atoms with van der Waals surface area (Å²) in [4.78, 5) is 16.0. The normalized spacial score (nSPS) is 11.7. The molecule has 134 valence electrons. The van der Waals surface area contributed by atoms with Crippen molar-refractivity contribution in [1.82, 2.24) is 19.9 Å². The van der Waals surface area contributed by atoms with E-state index in [0.717, 1.165) is 44.8 Å². The molecule has 3 aromatic heterocycles. The van der Waals surface area contributed by atoms with Crippen LogP contribution < -0.4 is 0 Å². The Hall–Kier alpha value is -2.37. The molecule has 2 radical (unpaired) electrons. The molecular weight excluding hydrogens is 419 g/mol. The molecule has 26 heavy (non-hydrogen) atoms. The molecule has 6 heteroatoms. The molecule has 0 spiro atoms. The number of nitrogens with one attached hydrogen (secondary N) is 2. The van der Waals surface area contributed by atoms with Crippen LogP contribution in [0.4, 0.5) is 0 Å². The summed E-state index contributed by atoms with van der Waals surface area (Å²) < 4.78 is 0. The van der Waals surface area contributed by atoms with Gasteiger partial charge in [0.2, 0.25) is 0 Å². The van der Waals surface area contributed by atoms with E-state index in [9.17, 15) is 0 Å². The van der Waals surface area contributed by atoms with Crippen molar-refractivity contribution in [2.75, 3.05) is 0 Å². The molecule has 0 fully saturated rings. The van der Waals surface area contributed by atoms with Crippen LogP contribution in [0.25, 0.3) is 46.4 Å². The van der Waals surface area contributed by atoms with Crippen molar-refractivity contribution in [2.24, 2.45) is 0 Å². The van der Waals surface area contributed by atoms with Crippen molar-refractivity contribution < 1.29 is 33.8 Å². The molecule has 4 nitrogen and oxygen atoms in total. The molecule has 8 bridgehead atoms. The van der Waals surface area contributed by atoms with E-state index in [1.54, 1.807) is 0 Å². The van der Waals surface area contributed by atoms with Crippen molar-refractivity contribution in [3.63, 3.8) is 0 Å². The largest absolute Gasteiger partial charge is 0.355 e. The summed E-state index contributed by atoms with van der Waals surface area (Å²) in [6.45, 7) is 0. The molecule has 0 saturated heterocycles. The van der Waals surface area contributed by atoms with E-state index in [0.29, 0.717) is 0 Å². The van der Waals surface area contributed by atoms with Gasteiger partial charge in [-0.05, 0) is 72.8 Å². The predicted molar refractivity (Wildman–Crippen MR) is 98.9 cm³/mol. The fraction of sp³-hybridized carbons (Fsp3) is 0. The summed E-state index contributed by atoms with van der Waals surface area (Å²) in [5.41, 5.74) is 7.86. The fourth-order valence-electron chi connectivity index (χ4n) is 2.94. The van der Waals surface area contributed by atoms with E-state index >= 15 is 0 Å². The third kappa shape index (κ3) is 3.74. The number of aromatic amines is 2. The summed E-state index contributed by atoms with van der Waals surface area (Å²) in [6.07, 6.45) is 8.09. The molecule has 2 aliphatic heterocycles. The number of hydrogen-bond donors (Lipinski definition) is 2. The van der Waals surface area contributed by atoms with Crippen molar-refractivity contribution in [2.45, 2.75) is 0 Å². The molecule has 0 atom stereocenters. The van der Waals surface area contributed by atoms with Crippen molar-refractivity contribution in [3.8, 4) is 0 Å². The number of fused-ring (bicyclic) bond motifs is 8. The minimum absolute atomic E-state index is 0. The van der Waals surface area contributed by atoms with Gasteiger partial charge in [-0.25, -0.2) is 9.97 Å². The Morgan fingerprint density at radius 3 is 1.04 bits per heavy atom. The van der Waals surface area contributed by atoms with Gasteiger partial charge in [0, 0.05) is 55.9 Å². The van der Waals surface area contributed by atoms with Crippen LogP contribution in [0.1, 0.15) is 22.8 Å². The van der Waals surface area contributed by atoms with Gasteiger partial charge in [0.15, 0.2) is 0 Å². The Kier molecular flexibility index (Phi) is 5.29. The Bertz CT molecular complexity index is 996. The van der Waals surface area contributed by atoms with Gasteiger partial charge in [-0.1, -0.05) is 0 Å². The van der Waals surface area contributed by atoms with Crippen LogP contribution in [-0.4, -0.2) is 19.9 Å². The predicted octanol–water partition coefficient (Wildman–Crippen LogP) is 4.65. The van der Waals surface area contributed by atoms with Crippen LogP contribution in [-0.2, 0) is 33.8 Å². The fourth-order valence-corrected chi connectivity index (χ4v) is 2.94. The topological polar surface area (TPSA) is 57.4 Å². The van der Waals surface area contributed by atoms with E-state index in [1.807, 2.05) is 48.6 Å². The molecule has 0 saturated carbocycles. The minimum atomic E-state index is 0. The van der Waals surface area contributed by atoms with Gasteiger partial charge in [0.1, 0.15) is 0 Å². The maximum Gasteiger partial charge on any atom is 0.0658 e. The quantitative estimate of drug-likeness (QED) is 0.350. The second kappa shape index (κ2) is 7.47. The average Bonchev–Trinajstić information content (AvgIpc) is 3.32. The van der Waals surface area contributed by atoms with E-state index < -0.39 is 0 Å². The Morgan fingerprint density at radius 2 is 0.769 bits per heavy atom. The Labute approximate surface area is 171 Å². The average molecular weight is 433 g/mol. The molecule has 2 aliphatic rings. The summed E-state index contributed by atoms with van der Waals surface area (Å²) >= 11 is 0. The zero-order valence-corrected chi connectivity index (χ0v) is 15.4. The molecule has 3 aromatic rings. The van der Waals surface area contributed by atoms with Crippen LogP contribution in [0.5, 0.6) is 0 Å². The third-order valence-electron chi connectivity index (χ3n) is 4.04. The first-order chi connectivity index (χ1) is 11.8. The molecule has 0 aliphatic carbocycles. The summed E-state index contributed by atoms with van der Waals surface area (Å²) in [7, 11) is 0. The number of aromatic nitrogens is 4. The van der Waals surface area contributed by atoms with Gasteiger partial charge in [0.25, 0.3) is 0 Å². The van der Waals surface area contributed by atoms with E-state index in [-0.39, 0.29) is 33.8 Å². The molecular formula is C20H14CoCuN4. The van der Waals surface area contributed by atoms with Gasteiger partial charge in [0.05, 0.1) is 22.8 Å². The zero-order chi connectivity index (χ0) is 15.9. The first-order valence-electron chi connectivity index (χ1n) is 7.85. The SMILES string of the molecule is C1=Cc2cc3ccc(cc4nc(cc5ccc(cc1n2)[nH]5)C=C4)[nH]3.[Co].[Cu]. The van der Waals surface area contributed by atoms with Crippen LogP contribution in [0, 0.1) is 0 Å². The molecule has 5 rings (SSSR count). The first-order valence-corrected chi connectivity index (χ1v) is 7.85. The van der Waals surface area contributed by atoms with Gasteiger partial charge in [-0.3, -0.25) is 0 Å². The molecule has 0 unspecified atom stereocenters. The van der Waals surface area contributed by atoms with Crippen LogP contribution in [0.3, 0.4) is 0 Å². The second-order valence-corrected chi connectivity index (χ2v) is 5.91. The standard InChI is InChI=1S/C20H14N4.Co.Cu/c1-2-14-10-16-5-6-18(23-16)12-20-8-7-19(24-20)11-17-4-3-15(22-17)9-13(1)21-14;;/h1-12,21,24H;;. The summed E-state index contributed by atoms with van der Waals surface area (Å²) in [6, 6.07) is 16.4. The van der Waals surface area contributed by atoms with Crippen molar-refractivity contribution >= 4 is 46.4 Å². The number of nitrogens with zero attached hydrogens (tertiary/aromatic N) is 2. The maximum atomic E-state index is 4.63. The smallest absolute Gasteiger partial charge is 0.0658 e. The molecule has 0 amide bonds. The summed E-state index contributed by atoms with van der Waals surface area (Å²) in [5.74, 6) is 0. The van der Waals surface area contributed by atoms with Gasteiger partial charge in [-0.2, -0.15) is 0 Å². The Balaban J connectivity index is 0.000000980. The molecule has 0 aromatic carbocycles. The monoisotopic (exact) mass is 432 g/mol. The second-order valence-electron chi connectivity index (χ2n) is 5.91. The number of rotatable bonds is 0. The van der Waals surface area contributed by atoms with Crippen LogP contribution >= 0.6 is 0 Å². The zero-order valence-electron chi connectivity index (χ0n) is 13.5. The maximum absolute atomic E-state index is 4.63. The van der Waals surface area contributed by atoms with E-state index in [1.165, 1.54) is 0 Å². The van der Waals surface area contributed by atoms with Crippen molar-refractivity contribution in [3.05, 3.63) is 71.3 Å². The van der Waals surface area contributed by atoms with Gasteiger partial charge >= 0.3 is 0 Å². The van der Waals surface area contributed by atoms with Gasteiger partial charge in [-0.15, -0.1) is 0 Å². The molecule has 2 N–H and O–H groups in total.